The lowest BCUT2D eigenvalue weighted by Gasteiger charge is -2.26. The maximum absolute atomic E-state index is 12.1. The minimum Gasteiger partial charge on any atom is -0.454 e. The molecule has 1 aliphatic carbocycles. The van der Waals surface area contributed by atoms with Crippen LogP contribution in [0.1, 0.15) is 40.4 Å². The van der Waals surface area contributed by atoms with E-state index in [1.807, 2.05) is 24.3 Å². The number of nitrogens with one attached hydrogen (secondary N) is 2. The summed E-state index contributed by atoms with van der Waals surface area (Å²) < 4.78 is 4.91. The average molecular weight is 411 g/mol. The van der Waals surface area contributed by atoms with Gasteiger partial charge in [0.15, 0.2) is 6.61 Å². The summed E-state index contributed by atoms with van der Waals surface area (Å²) in [6.07, 6.45) is 2.75. The molecule has 30 heavy (non-hydrogen) atoms. The van der Waals surface area contributed by atoms with Crippen molar-refractivity contribution in [2.75, 3.05) is 13.2 Å². The maximum Gasteiger partial charge on any atom is 0.325 e. The summed E-state index contributed by atoms with van der Waals surface area (Å²) in [5, 5.41) is 15.9. The highest BCUT2D eigenvalue weighted by Gasteiger charge is 2.22. The molecule has 2 amide bonds. The molecule has 9 nitrogen and oxygen atoms in total. The van der Waals surface area contributed by atoms with Crippen molar-refractivity contribution < 1.29 is 24.0 Å². The Bertz CT molecular complexity index is 975. The number of aryl methyl sites for hydroxylation is 1. The first-order chi connectivity index (χ1) is 14.4. The molecule has 0 heterocycles. The molecule has 2 aromatic carbocycles. The van der Waals surface area contributed by atoms with Crippen LogP contribution in [0.25, 0.3) is 0 Å². The van der Waals surface area contributed by atoms with Crippen molar-refractivity contribution >= 4 is 23.5 Å². The Morgan fingerprint density at radius 2 is 1.93 bits per heavy atom. The molecule has 0 saturated carbocycles. The average Bonchev–Trinajstić information content (AvgIpc) is 2.76. The standard InChI is InChI=1S/C21H21N3O6/c25-19(23-18-10-4-6-14-5-1-2-9-17(14)18)13-30-20(26)12-22-21(27)15-7-3-8-16(11-15)24(28)29/h1-3,5,7-9,11,18H,4,6,10,12-13H2,(H,22,27)(H,23,25)/t18-/m0/s1. The molecule has 0 fully saturated rings. The van der Waals surface area contributed by atoms with Gasteiger partial charge in [0.05, 0.1) is 11.0 Å². The van der Waals surface area contributed by atoms with Crippen LogP contribution in [0.4, 0.5) is 5.69 Å². The van der Waals surface area contributed by atoms with Crippen LogP contribution < -0.4 is 10.6 Å². The number of hydrogen-bond acceptors (Lipinski definition) is 6. The molecule has 1 aliphatic rings. The van der Waals surface area contributed by atoms with Gasteiger partial charge in [-0.15, -0.1) is 0 Å². The fraction of sp³-hybridized carbons (Fsp3) is 0.286. The molecule has 0 saturated heterocycles. The number of amides is 2. The van der Waals surface area contributed by atoms with Gasteiger partial charge in [-0.25, -0.2) is 0 Å². The summed E-state index contributed by atoms with van der Waals surface area (Å²) in [4.78, 5) is 46.1. The summed E-state index contributed by atoms with van der Waals surface area (Å²) in [5.74, 6) is -1.86. The molecule has 156 valence electrons. The first-order valence-corrected chi connectivity index (χ1v) is 9.49. The number of rotatable bonds is 7. The first kappa shape index (κ1) is 21.0. The topological polar surface area (TPSA) is 128 Å². The van der Waals surface area contributed by atoms with E-state index in [1.165, 1.54) is 23.8 Å². The van der Waals surface area contributed by atoms with Crippen LogP contribution in [0.5, 0.6) is 0 Å². The van der Waals surface area contributed by atoms with E-state index in [1.54, 1.807) is 0 Å². The Balaban J connectivity index is 1.44. The molecule has 3 rings (SSSR count). The Morgan fingerprint density at radius 3 is 2.73 bits per heavy atom. The minimum atomic E-state index is -0.784. The number of nitro benzene ring substituents is 1. The normalized spacial score (nSPS) is 14.9. The van der Waals surface area contributed by atoms with Crippen molar-refractivity contribution in [3.05, 3.63) is 75.3 Å². The predicted molar refractivity (Wildman–Crippen MR) is 107 cm³/mol. The lowest BCUT2D eigenvalue weighted by molar-refractivity contribution is -0.384. The van der Waals surface area contributed by atoms with Gasteiger partial charge >= 0.3 is 5.97 Å². The van der Waals surface area contributed by atoms with Crippen molar-refractivity contribution in [2.45, 2.75) is 25.3 Å². The number of non-ortho nitro benzene ring substituents is 1. The second-order valence-electron chi connectivity index (χ2n) is 6.86. The molecule has 0 unspecified atom stereocenters. The van der Waals surface area contributed by atoms with E-state index in [-0.39, 0.29) is 17.3 Å². The van der Waals surface area contributed by atoms with Crippen molar-refractivity contribution in [3.63, 3.8) is 0 Å². The van der Waals surface area contributed by atoms with Gasteiger partial charge in [-0.05, 0) is 36.5 Å². The van der Waals surface area contributed by atoms with Crippen molar-refractivity contribution in [3.8, 4) is 0 Å². The summed E-state index contributed by atoms with van der Waals surface area (Å²) >= 11 is 0. The number of nitrogens with zero attached hydrogens (tertiary/aromatic N) is 1. The van der Waals surface area contributed by atoms with Gasteiger partial charge in [0.25, 0.3) is 17.5 Å². The largest absolute Gasteiger partial charge is 0.454 e. The predicted octanol–water partition coefficient (Wildman–Crippen LogP) is 2.06. The zero-order valence-corrected chi connectivity index (χ0v) is 16.1. The summed E-state index contributed by atoms with van der Waals surface area (Å²) in [6, 6.07) is 12.9. The van der Waals surface area contributed by atoms with Crippen molar-refractivity contribution in [2.24, 2.45) is 0 Å². The molecule has 0 radical (unpaired) electrons. The highest BCUT2D eigenvalue weighted by atomic mass is 16.6. The summed E-state index contributed by atoms with van der Waals surface area (Å²) in [7, 11) is 0. The fourth-order valence-corrected chi connectivity index (χ4v) is 3.35. The van der Waals surface area contributed by atoms with E-state index in [0.29, 0.717) is 0 Å². The molecule has 1 atom stereocenters. The zero-order chi connectivity index (χ0) is 21.5. The molecular weight excluding hydrogens is 390 g/mol. The quantitative estimate of drug-likeness (QED) is 0.408. The van der Waals surface area contributed by atoms with Gasteiger partial charge in [-0.3, -0.25) is 24.5 Å². The van der Waals surface area contributed by atoms with Crippen LogP contribution in [0, 0.1) is 10.1 Å². The third-order valence-corrected chi connectivity index (χ3v) is 4.78. The fourth-order valence-electron chi connectivity index (χ4n) is 3.35. The third-order valence-electron chi connectivity index (χ3n) is 4.78. The Hall–Kier alpha value is -3.75. The number of carbonyl (C=O) groups excluding carboxylic acids is 3. The molecule has 2 aromatic rings. The van der Waals surface area contributed by atoms with Crippen LogP contribution in [-0.4, -0.2) is 35.9 Å². The van der Waals surface area contributed by atoms with Gasteiger partial charge in [-0.2, -0.15) is 0 Å². The van der Waals surface area contributed by atoms with E-state index < -0.39 is 35.9 Å². The van der Waals surface area contributed by atoms with E-state index in [4.69, 9.17) is 4.74 Å². The molecule has 0 spiro atoms. The SMILES string of the molecule is O=C(COC(=O)CNC(=O)c1cccc([N+](=O)[O-])c1)N[C@H]1CCCc2ccccc21. The first-order valence-electron chi connectivity index (χ1n) is 9.49. The highest BCUT2D eigenvalue weighted by Crippen LogP contribution is 2.29. The molecule has 0 aliphatic heterocycles. The number of benzene rings is 2. The van der Waals surface area contributed by atoms with E-state index in [0.717, 1.165) is 30.9 Å². The van der Waals surface area contributed by atoms with Gasteiger partial charge in [0, 0.05) is 17.7 Å². The molecule has 9 heteroatoms. The molecular formula is C21H21N3O6. The number of nitro groups is 1. The number of hydrogen-bond donors (Lipinski definition) is 2. The summed E-state index contributed by atoms with van der Waals surface area (Å²) in [5.41, 5.74) is 2.10. The molecule has 0 aromatic heterocycles. The van der Waals surface area contributed by atoms with E-state index >= 15 is 0 Å². The molecule has 2 N–H and O–H groups in total. The second-order valence-corrected chi connectivity index (χ2v) is 6.86. The van der Waals surface area contributed by atoms with Crippen molar-refractivity contribution in [1.29, 1.82) is 0 Å². The summed E-state index contributed by atoms with van der Waals surface area (Å²) in [6.45, 7) is -0.911. The third kappa shape index (κ3) is 5.40. The highest BCUT2D eigenvalue weighted by molar-refractivity contribution is 5.96. The smallest absolute Gasteiger partial charge is 0.325 e. The minimum absolute atomic E-state index is 0.0470. The van der Waals surface area contributed by atoms with Crippen molar-refractivity contribution in [1.82, 2.24) is 10.6 Å². The number of ether oxygens (including phenoxy) is 1. The Labute approximate surface area is 172 Å². The van der Waals surface area contributed by atoms with E-state index in [9.17, 15) is 24.5 Å². The Morgan fingerprint density at radius 1 is 1.13 bits per heavy atom. The number of carbonyl (C=O) groups is 3. The van der Waals surface area contributed by atoms with Gasteiger partial charge in [0.1, 0.15) is 6.54 Å². The number of fused-ring (bicyclic) bond motifs is 1. The molecule has 0 bridgehead atoms. The van der Waals surface area contributed by atoms with Crippen LogP contribution in [0.15, 0.2) is 48.5 Å². The van der Waals surface area contributed by atoms with Crippen LogP contribution in [0.3, 0.4) is 0 Å². The van der Waals surface area contributed by atoms with Crippen LogP contribution in [-0.2, 0) is 20.7 Å². The monoisotopic (exact) mass is 411 g/mol. The second kappa shape index (κ2) is 9.64. The van der Waals surface area contributed by atoms with Gasteiger partial charge in [0.2, 0.25) is 0 Å². The Kier molecular flexibility index (Phi) is 6.74. The van der Waals surface area contributed by atoms with E-state index in [2.05, 4.69) is 10.6 Å². The lowest BCUT2D eigenvalue weighted by atomic mass is 9.88. The van der Waals surface area contributed by atoms with Gasteiger partial charge < -0.3 is 15.4 Å². The zero-order valence-electron chi connectivity index (χ0n) is 16.1. The maximum atomic E-state index is 12.1. The lowest BCUT2D eigenvalue weighted by Crippen LogP contribution is -2.36. The van der Waals surface area contributed by atoms with Crippen LogP contribution >= 0.6 is 0 Å². The number of esters is 1. The van der Waals surface area contributed by atoms with Crippen LogP contribution in [0.2, 0.25) is 0 Å². The van der Waals surface area contributed by atoms with Gasteiger partial charge in [-0.1, -0.05) is 30.3 Å².